The summed E-state index contributed by atoms with van der Waals surface area (Å²) in [6.07, 6.45) is -3.55. The van der Waals surface area contributed by atoms with Gasteiger partial charge in [-0.15, -0.1) is 0 Å². The average Bonchev–Trinajstić information content (AvgIpc) is 3.39. The molecule has 0 aromatic carbocycles. The Hall–Kier alpha value is -3.37. The molecular formula is C20H16F5N5O. The van der Waals surface area contributed by atoms with Crippen LogP contribution in [-0.2, 0) is 18.8 Å². The second kappa shape index (κ2) is 7.40. The fourth-order valence-electron chi connectivity index (χ4n) is 3.29. The molecule has 0 spiro atoms. The molecule has 0 bridgehead atoms. The number of hydrogen-bond donors (Lipinski definition) is 1. The quantitative estimate of drug-likeness (QED) is 0.606. The molecule has 0 saturated heterocycles. The maximum absolute atomic E-state index is 12.9. The Morgan fingerprint density at radius 1 is 1.16 bits per heavy atom. The van der Waals surface area contributed by atoms with Gasteiger partial charge >= 0.3 is 6.18 Å². The number of amides is 1. The number of halogens is 5. The lowest BCUT2D eigenvalue weighted by Crippen LogP contribution is -2.36. The predicted molar refractivity (Wildman–Crippen MR) is 99.0 cm³/mol. The van der Waals surface area contributed by atoms with Gasteiger partial charge in [-0.2, -0.15) is 18.3 Å². The van der Waals surface area contributed by atoms with E-state index in [9.17, 15) is 26.7 Å². The highest BCUT2D eigenvalue weighted by Gasteiger charge is 2.46. The molecule has 3 aromatic heterocycles. The summed E-state index contributed by atoms with van der Waals surface area (Å²) in [5, 5.41) is 6.47. The number of aryl methyl sites for hydroxylation is 1. The van der Waals surface area contributed by atoms with E-state index in [-0.39, 0.29) is 11.3 Å². The minimum atomic E-state index is -4.56. The van der Waals surface area contributed by atoms with Crippen molar-refractivity contribution in [3.05, 3.63) is 65.4 Å². The van der Waals surface area contributed by atoms with Crippen molar-refractivity contribution < 1.29 is 26.7 Å². The zero-order valence-electron chi connectivity index (χ0n) is 16.1. The lowest BCUT2D eigenvalue weighted by molar-refractivity contribution is -0.141. The number of carbonyl (C=O) groups excluding carboxylic acids is 1. The van der Waals surface area contributed by atoms with E-state index in [1.807, 2.05) is 0 Å². The third-order valence-corrected chi connectivity index (χ3v) is 5.12. The molecule has 11 heteroatoms. The van der Waals surface area contributed by atoms with Gasteiger partial charge in [-0.05, 0) is 42.7 Å². The van der Waals surface area contributed by atoms with Crippen molar-refractivity contribution >= 4 is 5.91 Å². The molecule has 1 aliphatic rings. The number of alkyl halides is 5. The fourth-order valence-corrected chi connectivity index (χ4v) is 3.29. The Morgan fingerprint density at radius 3 is 2.45 bits per heavy atom. The second-order valence-corrected chi connectivity index (χ2v) is 7.27. The highest BCUT2D eigenvalue weighted by molar-refractivity contribution is 5.93. The van der Waals surface area contributed by atoms with Crippen molar-refractivity contribution in [3.63, 3.8) is 0 Å². The molecule has 3 heterocycles. The number of nitrogens with zero attached hydrogens (tertiary/aromatic N) is 4. The predicted octanol–water partition coefficient (Wildman–Crippen LogP) is 4.25. The van der Waals surface area contributed by atoms with Crippen LogP contribution in [0, 0.1) is 0 Å². The largest absolute Gasteiger partial charge is 0.433 e. The van der Waals surface area contributed by atoms with E-state index in [1.54, 1.807) is 12.1 Å². The van der Waals surface area contributed by atoms with Crippen LogP contribution in [0.15, 0.2) is 42.7 Å². The molecule has 1 aliphatic carbocycles. The van der Waals surface area contributed by atoms with Gasteiger partial charge in [0.15, 0.2) is 0 Å². The SMILES string of the molecule is Cn1nc(C(F)F)cc1C(=O)NC1(c2ccc(-c3ccnc(C(F)(F)F)c3)nc2)CC1. The average molecular weight is 437 g/mol. The molecule has 162 valence electrons. The lowest BCUT2D eigenvalue weighted by Gasteiger charge is -2.18. The van der Waals surface area contributed by atoms with Crippen LogP contribution in [-0.4, -0.2) is 25.7 Å². The minimum absolute atomic E-state index is 0.00243. The van der Waals surface area contributed by atoms with Crippen LogP contribution in [0.2, 0.25) is 0 Å². The van der Waals surface area contributed by atoms with E-state index < -0.39 is 35.4 Å². The van der Waals surface area contributed by atoms with Gasteiger partial charge in [-0.3, -0.25) is 19.4 Å². The summed E-state index contributed by atoms with van der Waals surface area (Å²) in [7, 11) is 1.40. The first-order chi connectivity index (χ1) is 14.6. The van der Waals surface area contributed by atoms with Crippen molar-refractivity contribution in [3.8, 4) is 11.3 Å². The monoisotopic (exact) mass is 437 g/mol. The molecule has 4 rings (SSSR count). The Kier molecular flexibility index (Phi) is 4.98. The van der Waals surface area contributed by atoms with Gasteiger partial charge in [0, 0.05) is 25.0 Å². The standard InChI is InChI=1S/C20H16F5N5O/c1-30-15(9-14(29-30)17(21)22)18(31)28-19(5-6-19)12-2-3-13(27-10-12)11-4-7-26-16(8-11)20(23,24)25/h2-4,7-10,17H,5-6H2,1H3,(H,28,31). The summed E-state index contributed by atoms with van der Waals surface area (Å²) in [6.45, 7) is 0. The topological polar surface area (TPSA) is 72.7 Å². The first kappa shape index (κ1) is 20.9. The van der Waals surface area contributed by atoms with Crippen molar-refractivity contribution in [2.45, 2.75) is 31.0 Å². The van der Waals surface area contributed by atoms with E-state index in [2.05, 4.69) is 20.4 Å². The van der Waals surface area contributed by atoms with Crippen LogP contribution in [0.4, 0.5) is 22.0 Å². The maximum Gasteiger partial charge on any atom is 0.433 e. The second-order valence-electron chi connectivity index (χ2n) is 7.27. The van der Waals surface area contributed by atoms with Crippen molar-refractivity contribution in [2.24, 2.45) is 7.05 Å². The zero-order chi connectivity index (χ0) is 22.4. The Labute approximate surface area is 173 Å². The molecule has 0 aliphatic heterocycles. The van der Waals surface area contributed by atoms with Crippen LogP contribution >= 0.6 is 0 Å². The van der Waals surface area contributed by atoms with E-state index in [0.29, 0.717) is 24.1 Å². The van der Waals surface area contributed by atoms with Crippen LogP contribution in [0.25, 0.3) is 11.3 Å². The van der Waals surface area contributed by atoms with E-state index >= 15 is 0 Å². The molecule has 0 unspecified atom stereocenters. The van der Waals surface area contributed by atoms with E-state index in [0.717, 1.165) is 23.0 Å². The molecule has 31 heavy (non-hydrogen) atoms. The summed E-state index contributed by atoms with van der Waals surface area (Å²) in [5.41, 5.74) is -0.939. The van der Waals surface area contributed by atoms with Crippen molar-refractivity contribution in [2.75, 3.05) is 0 Å². The number of pyridine rings is 2. The summed E-state index contributed by atoms with van der Waals surface area (Å²) >= 11 is 0. The highest BCUT2D eigenvalue weighted by atomic mass is 19.4. The summed E-state index contributed by atoms with van der Waals surface area (Å²) < 4.78 is 65.4. The van der Waals surface area contributed by atoms with Crippen LogP contribution in [0.3, 0.4) is 0 Å². The van der Waals surface area contributed by atoms with E-state index in [1.165, 1.54) is 19.3 Å². The van der Waals surface area contributed by atoms with Gasteiger partial charge in [-0.25, -0.2) is 8.78 Å². The lowest BCUT2D eigenvalue weighted by atomic mass is 10.0. The van der Waals surface area contributed by atoms with Crippen molar-refractivity contribution in [1.29, 1.82) is 0 Å². The molecule has 1 amide bonds. The molecule has 1 N–H and O–H groups in total. The molecule has 3 aromatic rings. The smallest absolute Gasteiger partial charge is 0.341 e. The first-order valence-corrected chi connectivity index (χ1v) is 9.24. The number of nitrogens with one attached hydrogen (secondary N) is 1. The Morgan fingerprint density at radius 2 is 1.90 bits per heavy atom. The molecule has 0 atom stereocenters. The van der Waals surface area contributed by atoms with Crippen LogP contribution in [0.5, 0.6) is 0 Å². The number of hydrogen-bond acceptors (Lipinski definition) is 4. The van der Waals surface area contributed by atoms with Gasteiger partial charge in [0.05, 0.1) is 11.2 Å². The molecule has 0 radical (unpaired) electrons. The number of aromatic nitrogens is 4. The van der Waals surface area contributed by atoms with Gasteiger partial charge in [0.2, 0.25) is 0 Å². The third kappa shape index (κ3) is 4.12. The summed E-state index contributed by atoms with van der Waals surface area (Å²) in [4.78, 5) is 20.2. The molecule has 6 nitrogen and oxygen atoms in total. The number of carbonyl (C=O) groups is 1. The first-order valence-electron chi connectivity index (χ1n) is 9.24. The maximum atomic E-state index is 12.9. The third-order valence-electron chi connectivity index (χ3n) is 5.12. The van der Waals surface area contributed by atoms with Crippen molar-refractivity contribution in [1.82, 2.24) is 25.1 Å². The van der Waals surface area contributed by atoms with E-state index in [4.69, 9.17) is 0 Å². The normalized spacial score (nSPS) is 15.2. The van der Waals surface area contributed by atoms with Gasteiger partial charge in [0.25, 0.3) is 12.3 Å². The fraction of sp³-hybridized carbons (Fsp3) is 0.300. The zero-order valence-corrected chi connectivity index (χ0v) is 16.1. The van der Waals surface area contributed by atoms with Gasteiger partial charge in [-0.1, -0.05) is 6.07 Å². The van der Waals surface area contributed by atoms with Crippen LogP contribution < -0.4 is 5.32 Å². The summed E-state index contributed by atoms with van der Waals surface area (Å²) in [5.74, 6) is -0.549. The van der Waals surface area contributed by atoms with Crippen LogP contribution in [0.1, 0.15) is 46.7 Å². The highest BCUT2D eigenvalue weighted by Crippen LogP contribution is 2.45. The molecule has 1 fully saturated rings. The van der Waals surface area contributed by atoms with Gasteiger partial charge in [0.1, 0.15) is 17.1 Å². The summed E-state index contributed by atoms with van der Waals surface area (Å²) in [6, 6.07) is 6.63. The minimum Gasteiger partial charge on any atom is -0.341 e. The molecular weight excluding hydrogens is 421 g/mol. The molecule has 1 saturated carbocycles. The van der Waals surface area contributed by atoms with Gasteiger partial charge < -0.3 is 5.32 Å². The Balaban J connectivity index is 1.54. The Bertz CT molecular complexity index is 1120. The number of rotatable bonds is 5.